The van der Waals surface area contributed by atoms with Crippen LogP contribution in [0.25, 0.3) is 5.69 Å². The summed E-state index contributed by atoms with van der Waals surface area (Å²) in [4.78, 5) is 29.4. The molecular formula is C21H22N6O2. The third kappa shape index (κ3) is 3.87. The van der Waals surface area contributed by atoms with E-state index in [4.69, 9.17) is 0 Å². The summed E-state index contributed by atoms with van der Waals surface area (Å²) in [5.41, 5.74) is 3.07. The lowest BCUT2D eigenvalue weighted by Gasteiger charge is -2.35. The third-order valence-corrected chi connectivity index (χ3v) is 5.19. The number of aromatic nitrogens is 4. The first-order valence-corrected chi connectivity index (χ1v) is 9.67. The van der Waals surface area contributed by atoms with Crippen molar-refractivity contribution in [2.75, 3.05) is 26.2 Å². The van der Waals surface area contributed by atoms with Crippen molar-refractivity contribution in [1.82, 2.24) is 30.0 Å². The minimum absolute atomic E-state index is 0.00819. The average molecular weight is 390 g/mol. The van der Waals surface area contributed by atoms with Crippen molar-refractivity contribution in [1.29, 1.82) is 0 Å². The van der Waals surface area contributed by atoms with E-state index in [9.17, 15) is 9.59 Å². The number of tetrazole rings is 1. The molecule has 1 aliphatic heterocycles. The van der Waals surface area contributed by atoms with Crippen LogP contribution in [0.15, 0.2) is 54.9 Å². The van der Waals surface area contributed by atoms with Gasteiger partial charge in [0.25, 0.3) is 11.8 Å². The molecule has 0 atom stereocenters. The molecule has 1 aromatic heterocycles. The second-order valence-electron chi connectivity index (χ2n) is 6.91. The summed E-state index contributed by atoms with van der Waals surface area (Å²) in [6.07, 6.45) is 2.41. The normalized spacial score (nSPS) is 14.1. The van der Waals surface area contributed by atoms with Crippen LogP contribution in [0, 0.1) is 0 Å². The fourth-order valence-electron chi connectivity index (χ4n) is 3.47. The Balaban J connectivity index is 1.43. The number of para-hydroxylation sites is 1. The molecule has 0 saturated carbocycles. The maximum Gasteiger partial charge on any atom is 0.256 e. The van der Waals surface area contributed by atoms with Crippen molar-refractivity contribution in [3.05, 3.63) is 71.5 Å². The van der Waals surface area contributed by atoms with Gasteiger partial charge < -0.3 is 9.80 Å². The van der Waals surface area contributed by atoms with Crippen LogP contribution in [0.5, 0.6) is 0 Å². The molecule has 0 unspecified atom stereocenters. The number of rotatable bonds is 4. The fourth-order valence-corrected chi connectivity index (χ4v) is 3.47. The molecular weight excluding hydrogens is 368 g/mol. The Morgan fingerprint density at radius 2 is 1.55 bits per heavy atom. The molecule has 2 amide bonds. The number of aryl methyl sites for hydroxylation is 1. The Hall–Kier alpha value is -3.55. The van der Waals surface area contributed by atoms with E-state index in [1.165, 1.54) is 16.6 Å². The van der Waals surface area contributed by atoms with Gasteiger partial charge in [0, 0.05) is 31.7 Å². The second kappa shape index (κ2) is 8.22. The molecule has 1 fully saturated rings. The Morgan fingerprint density at radius 3 is 2.17 bits per heavy atom. The molecule has 0 N–H and O–H groups in total. The number of benzene rings is 2. The lowest BCUT2D eigenvalue weighted by molar-refractivity contribution is 0.0535. The van der Waals surface area contributed by atoms with Crippen LogP contribution in [0.4, 0.5) is 0 Å². The molecule has 0 bridgehead atoms. The first-order valence-electron chi connectivity index (χ1n) is 9.67. The van der Waals surface area contributed by atoms with Crippen molar-refractivity contribution < 1.29 is 9.59 Å². The molecule has 148 valence electrons. The van der Waals surface area contributed by atoms with Crippen molar-refractivity contribution >= 4 is 11.8 Å². The molecule has 3 aromatic rings. The molecule has 2 heterocycles. The number of nitrogens with zero attached hydrogens (tertiary/aromatic N) is 6. The summed E-state index contributed by atoms with van der Waals surface area (Å²) in [6, 6.07) is 15.0. The molecule has 2 aromatic carbocycles. The van der Waals surface area contributed by atoms with E-state index >= 15 is 0 Å². The lowest BCUT2D eigenvalue weighted by atomic mass is 10.1. The Labute approximate surface area is 168 Å². The van der Waals surface area contributed by atoms with Crippen molar-refractivity contribution in [3.63, 3.8) is 0 Å². The summed E-state index contributed by atoms with van der Waals surface area (Å²) in [5.74, 6) is -0.0793. The number of carbonyl (C=O) groups is 2. The van der Waals surface area contributed by atoms with Crippen molar-refractivity contribution in [3.8, 4) is 5.69 Å². The van der Waals surface area contributed by atoms with Crippen LogP contribution < -0.4 is 0 Å². The van der Waals surface area contributed by atoms with Crippen LogP contribution in [0.3, 0.4) is 0 Å². The number of piperazine rings is 1. The van der Waals surface area contributed by atoms with Crippen molar-refractivity contribution in [2.24, 2.45) is 0 Å². The molecule has 0 radical (unpaired) electrons. The summed E-state index contributed by atoms with van der Waals surface area (Å²) in [7, 11) is 0. The lowest BCUT2D eigenvalue weighted by Crippen LogP contribution is -2.50. The maximum absolute atomic E-state index is 13.1. The van der Waals surface area contributed by atoms with Crippen LogP contribution >= 0.6 is 0 Å². The van der Waals surface area contributed by atoms with Gasteiger partial charge in [0.1, 0.15) is 6.33 Å². The Kier molecular flexibility index (Phi) is 5.33. The summed E-state index contributed by atoms with van der Waals surface area (Å²) < 4.78 is 1.48. The zero-order chi connectivity index (χ0) is 20.2. The maximum atomic E-state index is 13.1. The quantitative estimate of drug-likeness (QED) is 0.679. The van der Waals surface area contributed by atoms with Gasteiger partial charge in [-0.15, -0.1) is 5.10 Å². The van der Waals surface area contributed by atoms with Gasteiger partial charge in [0.05, 0.1) is 11.3 Å². The minimum atomic E-state index is -0.0875. The second-order valence-corrected chi connectivity index (χ2v) is 6.91. The predicted molar refractivity (Wildman–Crippen MR) is 107 cm³/mol. The zero-order valence-corrected chi connectivity index (χ0v) is 16.2. The smallest absolute Gasteiger partial charge is 0.256 e. The van der Waals surface area contributed by atoms with Gasteiger partial charge in [-0.3, -0.25) is 9.59 Å². The first-order chi connectivity index (χ1) is 14.2. The van der Waals surface area contributed by atoms with E-state index in [0.717, 1.165) is 6.42 Å². The number of carbonyl (C=O) groups excluding carboxylic acids is 2. The monoisotopic (exact) mass is 390 g/mol. The highest BCUT2D eigenvalue weighted by molar-refractivity contribution is 5.98. The molecule has 8 heteroatoms. The molecule has 8 nitrogen and oxygen atoms in total. The molecule has 0 spiro atoms. The molecule has 4 rings (SSSR count). The number of hydrogen-bond donors (Lipinski definition) is 0. The highest BCUT2D eigenvalue weighted by Gasteiger charge is 2.27. The van der Waals surface area contributed by atoms with E-state index in [1.807, 2.05) is 42.5 Å². The van der Waals surface area contributed by atoms with Gasteiger partial charge in [-0.1, -0.05) is 31.2 Å². The Morgan fingerprint density at radius 1 is 0.897 bits per heavy atom. The standard InChI is InChI=1S/C21H22N6O2/c1-2-16-7-9-17(10-8-16)20(28)25-11-13-26(14-12-25)21(29)18-5-3-4-6-19(18)27-15-22-23-24-27/h3-10,15H,2,11-14H2,1H3. The van der Waals surface area contributed by atoms with Gasteiger partial charge in [0.15, 0.2) is 0 Å². The summed E-state index contributed by atoms with van der Waals surface area (Å²) in [6.45, 7) is 4.08. The highest BCUT2D eigenvalue weighted by Crippen LogP contribution is 2.17. The molecule has 1 aliphatic rings. The number of hydrogen-bond acceptors (Lipinski definition) is 5. The van der Waals surface area contributed by atoms with Crippen LogP contribution in [-0.4, -0.2) is 68.0 Å². The van der Waals surface area contributed by atoms with Crippen molar-refractivity contribution in [2.45, 2.75) is 13.3 Å². The summed E-state index contributed by atoms with van der Waals surface area (Å²) >= 11 is 0. The SMILES string of the molecule is CCc1ccc(C(=O)N2CCN(C(=O)c3ccccc3-n3cnnn3)CC2)cc1. The van der Waals surface area contributed by atoms with Crippen LogP contribution in [0.2, 0.25) is 0 Å². The van der Waals surface area contributed by atoms with Crippen LogP contribution in [-0.2, 0) is 6.42 Å². The van der Waals surface area contributed by atoms with E-state index in [1.54, 1.807) is 15.9 Å². The largest absolute Gasteiger partial charge is 0.335 e. The Bertz CT molecular complexity index is 992. The molecule has 29 heavy (non-hydrogen) atoms. The van der Waals surface area contributed by atoms with E-state index < -0.39 is 0 Å². The molecule has 1 saturated heterocycles. The van der Waals surface area contributed by atoms with Gasteiger partial charge in [-0.2, -0.15) is 4.68 Å². The van der Waals surface area contributed by atoms with E-state index in [-0.39, 0.29) is 11.8 Å². The van der Waals surface area contributed by atoms with Gasteiger partial charge in [-0.25, -0.2) is 0 Å². The van der Waals surface area contributed by atoms with Gasteiger partial charge >= 0.3 is 0 Å². The van der Waals surface area contributed by atoms with Gasteiger partial charge in [0.2, 0.25) is 0 Å². The van der Waals surface area contributed by atoms with Crippen LogP contribution in [0.1, 0.15) is 33.2 Å². The van der Waals surface area contributed by atoms with E-state index in [0.29, 0.717) is 43.0 Å². The van der Waals surface area contributed by atoms with Gasteiger partial charge in [-0.05, 0) is 46.7 Å². The predicted octanol–water partition coefficient (Wildman–Crippen LogP) is 1.82. The third-order valence-electron chi connectivity index (χ3n) is 5.19. The summed E-state index contributed by atoms with van der Waals surface area (Å²) in [5, 5.41) is 11.2. The average Bonchev–Trinajstić information content (AvgIpc) is 3.33. The zero-order valence-electron chi connectivity index (χ0n) is 16.2. The number of amides is 2. The van der Waals surface area contributed by atoms with E-state index in [2.05, 4.69) is 22.4 Å². The fraction of sp³-hybridized carbons (Fsp3) is 0.286. The topological polar surface area (TPSA) is 84.2 Å². The first kappa shape index (κ1) is 18.8. The molecule has 0 aliphatic carbocycles. The highest BCUT2D eigenvalue weighted by atomic mass is 16.2. The minimum Gasteiger partial charge on any atom is -0.335 e.